The van der Waals surface area contributed by atoms with Crippen molar-refractivity contribution in [2.24, 2.45) is 0 Å². The van der Waals surface area contributed by atoms with Crippen molar-refractivity contribution in [1.82, 2.24) is 4.57 Å². The Balaban J connectivity index is 2.18. The molecule has 0 aliphatic carbocycles. The van der Waals surface area contributed by atoms with Gasteiger partial charge in [-0.3, -0.25) is 9.35 Å². The molecule has 0 saturated heterocycles. The molecule has 0 bridgehead atoms. The number of halogens is 1. The first kappa shape index (κ1) is 26.4. The maximum absolute atomic E-state index is 13.6. The smallest absolute Gasteiger partial charge is 0.446 e. The van der Waals surface area contributed by atoms with Crippen molar-refractivity contribution in [3.63, 3.8) is 0 Å². The third kappa shape index (κ3) is 6.67. The Kier molecular flexibility index (Phi) is 7.96. The molecule has 0 aliphatic rings. The van der Waals surface area contributed by atoms with Crippen molar-refractivity contribution in [3.8, 4) is 16.9 Å². The van der Waals surface area contributed by atoms with Crippen molar-refractivity contribution < 1.29 is 41.7 Å². The number of carboxylic acids is 1. The Morgan fingerprint density at radius 3 is 2.37 bits per heavy atom. The van der Waals surface area contributed by atoms with Crippen LogP contribution in [0.4, 0.5) is 4.39 Å². The minimum Gasteiger partial charge on any atom is -0.481 e. The first-order chi connectivity index (χ1) is 16.4. The van der Waals surface area contributed by atoms with Gasteiger partial charge in [-0.1, -0.05) is 18.2 Å². The van der Waals surface area contributed by atoms with Crippen molar-refractivity contribution >= 4 is 33.3 Å². The lowest BCUT2D eigenvalue weighted by molar-refractivity contribution is -0.139. The number of aliphatic carboxylic acids is 1. The number of carboxylic acid groups (broad SMARTS) is 1. The van der Waals surface area contributed by atoms with Crippen LogP contribution < -0.4 is 4.18 Å². The Labute approximate surface area is 201 Å². The van der Waals surface area contributed by atoms with Gasteiger partial charge in [-0.2, -0.15) is 8.42 Å². The van der Waals surface area contributed by atoms with Crippen LogP contribution in [0.15, 0.2) is 48.5 Å². The van der Waals surface area contributed by atoms with Crippen LogP contribution in [0.2, 0.25) is 0 Å². The van der Waals surface area contributed by atoms with Gasteiger partial charge in [-0.05, 0) is 49.8 Å². The molecule has 3 aromatic rings. The summed E-state index contributed by atoms with van der Waals surface area (Å²) in [5.74, 6) is -1.72. The van der Waals surface area contributed by atoms with Crippen molar-refractivity contribution in [2.75, 3.05) is 0 Å². The highest BCUT2D eigenvalue weighted by molar-refractivity contribution is 7.81. The Bertz CT molecular complexity index is 1350. The predicted molar refractivity (Wildman–Crippen MR) is 128 cm³/mol. The summed E-state index contributed by atoms with van der Waals surface area (Å²) in [4.78, 5) is 10.8. The maximum Gasteiger partial charge on any atom is 0.446 e. The van der Waals surface area contributed by atoms with E-state index in [-0.39, 0.29) is 18.2 Å². The average Bonchev–Trinajstić information content (AvgIpc) is 3.04. The molecule has 188 valence electrons. The highest BCUT2D eigenvalue weighted by atomic mass is 32.3. The number of aromatic nitrogens is 1. The van der Waals surface area contributed by atoms with Gasteiger partial charge in [-0.15, -0.1) is 0 Å². The van der Waals surface area contributed by atoms with Gasteiger partial charge in [0.05, 0.1) is 24.1 Å². The molecule has 0 spiro atoms. The Morgan fingerprint density at radius 1 is 1.14 bits per heavy atom. The van der Waals surface area contributed by atoms with E-state index in [4.69, 9.17) is 9.66 Å². The molecule has 4 N–H and O–H groups in total. The zero-order valence-electron chi connectivity index (χ0n) is 19.0. The molecule has 0 radical (unpaired) electrons. The van der Waals surface area contributed by atoms with Crippen LogP contribution in [0.25, 0.3) is 28.1 Å². The van der Waals surface area contributed by atoms with E-state index in [1.54, 1.807) is 24.3 Å². The lowest BCUT2D eigenvalue weighted by Gasteiger charge is -2.15. The molecule has 0 fully saturated rings. The zero-order chi connectivity index (χ0) is 25.9. The molecule has 0 aliphatic heterocycles. The summed E-state index contributed by atoms with van der Waals surface area (Å²) >= 11 is 0. The number of aliphatic hydroxyl groups is 2. The molecule has 1 aromatic heterocycles. The highest BCUT2D eigenvalue weighted by Crippen LogP contribution is 2.39. The number of aliphatic hydroxyl groups excluding tert-OH is 2. The van der Waals surface area contributed by atoms with Crippen molar-refractivity contribution in [2.45, 2.75) is 44.9 Å². The molecule has 2 atom stereocenters. The number of nitrogens with zero attached hydrogens (tertiary/aromatic N) is 1. The van der Waals surface area contributed by atoms with Crippen LogP contribution in [0, 0.1) is 5.82 Å². The van der Waals surface area contributed by atoms with Gasteiger partial charge in [0.15, 0.2) is 0 Å². The van der Waals surface area contributed by atoms with Gasteiger partial charge in [0, 0.05) is 35.2 Å². The molecule has 3 rings (SSSR count). The maximum atomic E-state index is 13.6. The van der Waals surface area contributed by atoms with Crippen LogP contribution >= 0.6 is 0 Å². The van der Waals surface area contributed by atoms with E-state index in [1.807, 2.05) is 18.4 Å². The third-order valence-corrected chi connectivity index (χ3v) is 5.67. The monoisotopic (exact) mass is 507 g/mol. The van der Waals surface area contributed by atoms with Gasteiger partial charge >= 0.3 is 16.4 Å². The number of hydrogen-bond donors (Lipinski definition) is 4. The molecule has 11 heteroatoms. The van der Waals surface area contributed by atoms with Crippen molar-refractivity contribution in [3.05, 3.63) is 60.1 Å². The molecular formula is C24H26FNO8S. The number of hydrogen-bond acceptors (Lipinski definition) is 6. The summed E-state index contributed by atoms with van der Waals surface area (Å²) in [6.07, 6.45) is -0.0550. The fraction of sp³-hybridized carbons (Fsp3) is 0.292. The molecule has 0 unspecified atom stereocenters. The molecular weight excluding hydrogens is 481 g/mol. The van der Waals surface area contributed by atoms with Crippen LogP contribution in [-0.4, -0.2) is 51.0 Å². The predicted octanol–water partition coefficient (Wildman–Crippen LogP) is 3.81. The highest BCUT2D eigenvalue weighted by Gasteiger charge is 2.21. The zero-order valence-corrected chi connectivity index (χ0v) is 19.8. The van der Waals surface area contributed by atoms with E-state index in [0.29, 0.717) is 27.7 Å². The summed E-state index contributed by atoms with van der Waals surface area (Å²) in [5, 5.41) is 29.7. The second-order valence-electron chi connectivity index (χ2n) is 8.33. The van der Waals surface area contributed by atoms with Crippen LogP contribution in [0.3, 0.4) is 0 Å². The largest absolute Gasteiger partial charge is 0.481 e. The minimum absolute atomic E-state index is 0.114. The second-order valence-corrected chi connectivity index (χ2v) is 9.36. The normalized spacial score (nSPS) is 14.0. The number of fused-ring (bicyclic) bond motifs is 1. The molecule has 2 aromatic carbocycles. The topological polar surface area (TPSA) is 146 Å². The first-order valence-electron chi connectivity index (χ1n) is 10.7. The summed E-state index contributed by atoms with van der Waals surface area (Å²) in [6.45, 7) is 3.77. The summed E-state index contributed by atoms with van der Waals surface area (Å²) in [7, 11) is -4.74. The molecule has 0 saturated carbocycles. The van der Waals surface area contributed by atoms with Crippen LogP contribution in [-0.2, 0) is 15.2 Å². The van der Waals surface area contributed by atoms with Gasteiger partial charge < -0.3 is 24.1 Å². The summed E-state index contributed by atoms with van der Waals surface area (Å²) < 4.78 is 51.6. The van der Waals surface area contributed by atoms with Crippen molar-refractivity contribution in [1.29, 1.82) is 0 Å². The summed E-state index contributed by atoms with van der Waals surface area (Å²) in [5.41, 5.74) is 2.47. The quantitative estimate of drug-likeness (QED) is 0.303. The lowest BCUT2D eigenvalue weighted by Crippen LogP contribution is -2.19. The van der Waals surface area contributed by atoms with E-state index >= 15 is 0 Å². The second kappa shape index (κ2) is 10.6. The molecule has 1 heterocycles. The lowest BCUT2D eigenvalue weighted by atomic mass is 10.0. The van der Waals surface area contributed by atoms with E-state index in [0.717, 1.165) is 0 Å². The van der Waals surface area contributed by atoms with E-state index in [1.165, 1.54) is 30.3 Å². The molecule has 9 nitrogen and oxygen atoms in total. The molecule has 35 heavy (non-hydrogen) atoms. The Morgan fingerprint density at radius 2 is 1.80 bits per heavy atom. The third-order valence-electron chi connectivity index (χ3n) is 5.26. The number of rotatable bonds is 10. The van der Waals surface area contributed by atoms with Crippen LogP contribution in [0.1, 0.15) is 38.4 Å². The first-order valence-corrected chi connectivity index (χ1v) is 12.1. The standard InChI is InChI=1S/C24H26FNO8S/c1-14(2)26-21(10-7-17(27)11-18(28)12-23(29)30)24(15-3-5-16(25)6-4-15)20-9-8-19(13-22(20)26)34-35(31,32)33/h3-10,13-14,17-18,27-28H,11-12H2,1-2H3,(H,29,30)(H,31,32,33)/b10-7+/t17-,18-/m1/s1. The number of carbonyl (C=O) groups is 1. The van der Waals surface area contributed by atoms with Gasteiger partial charge in [0.25, 0.3) is 0 Å². The van der Waals surface area contributed by atoms with Gasteiger partial charge in [0.2, 0.25) is 0 Å². The fourth-order valence-electron chi connectivity index (χ4n) is 3.97. The number of benzene rings is 2. The van der Waals surface area contributed by atoms with E-state index in [9.17, 15) is 27.8 Å². The minimum atomic E-state index is -4.74. The molecule has 0 amide bonds. The summed E-state index contributed by atoms with van der Waals surface area (Å²) in [6, 6.07) is 10.0. The van der Waals surface area contributed by atoms with Gasteiger partial charge in [-0.25, -0.2) is 4.39 Å². The van der Waals surface area contributed by atoms with Gasteiger partial charge in [0.1, 0.15) is 11.6 Å². The Hall–Kier alpha value is -3.25. The van der Waals surface area contributed by atoms with E-state index in [2.05, 4.69) is 4.18 Å². The average molecular weight is 508 g/mol. The van der Waals surface area contributed by atoms with E-state index < -0.39 is 40.8 Å². The van der Waals surface area contributed by atoms with Crippen LogP contribution in [0.5, 0.6) is 5.75 Å². The fourth-order valence-corrected chi connectivity index (χ4v) is 4.32. The SMILES string of the molecule is CC(C)n1c(/C=C/[C@@H](O)C[C@@H](O)CC(=O)O)c(-c2ccc(F)cc2)c2ccc(OS(=O)(=O)O)cc21.